The van der Waals surface area contributed by atoms with Gasteiger partial charge in [0.1, 0.15) is 6.61 Å². The molecule has 1 amide bonds. The van der Waals surface area contributed by atoms with Crippen LogP contribution in [0.5, 0.6) is 0 Å². The molecule has 3 aromatic rings. The zero-order valence-corrected chi connectivity index (χ0v) is 16.4. The summed E-state index contributed by atoms with van der Waals surface area (Å²) in [6.07, 6.45) is 0. The highest BCUT2D eigenvalue weighted by atomic mass is 16.5. The highest BCUT2D eigenvalue weighted by Gasteiger charge is 2.34. The van der Waals surface area contributed by atoms with E-state index in [0.29, 0.717) is 11.3 Å². The number of para-hydroxylation sites is 1. The third kappa shape index (κ3) is 4.89. The maximum Gasteiger partial charge on any atom is 0.342 e. The van der Waals surface area contributed by atoms with Crippen LogP contribution in [0.3, 0.4) is 0 Å². The first-order chi connectivity index (χ1) is 13.9. The molecule has 0 heterocycles. The number of esters is 1. The maximum absolute atomic E-state index is 12.4. The van der Waals surface area contributed by atoms with Gasteiger partial charge in [-0.25, -0.2) is 4.79 Å². The molecule has 29 heavy (non-hydrogen) atoms. The van der Waals surface area contributed by atoms with E-state index in [0.717, 1.165) is 16.7 Å². The standard InChI is InChI=1S/C24H23NO4/c1-17(26)25-22-11-7-6-10-21(22)19-12-14-20(15-13-19)24(2,28)23(27)29-16-18-8-4-3-5-9-18/h3-15,28H,16H2,1-2H3,(H,25,26). The van der Waals surface area contributed by atoms with Crippen LogP contribution in [0, 0.1) is 0 Å². The van der Waals surface area contributed by atoms with Gasteiger partial charge in [-0.1, -0.05) is 72.8 Å². The van der Waals surface area contributed by atoms with Crippen molar-refractivity contribution in [1.29, 1.82) is 0 Å². The summed E-state index contributed by atoms with van der Waals surface area (Å²) in [5.74, 6) is -0.870. The van der Waals surface area contributed by atoms with Gasteiger partial charge in [0.25, 0.3) is 0 Å². The van der Waals surface area contributed by atoms with Gasteiger partial charge >= 0.3 is 5.97 Å². The van der Waals surface area contributed by atoms with Crippen molar-refractivity contribution in [3.05, 3.63) is 90.0 Å². The molecule has 0 saturated carbocycles. The summed E-state index contributed by atoms with van der Waals surface area (Å²) in [5, 5.41) is 13.5. The van der Waals surface area contributed by atoms with Crippen LogP contribution in [0.15, 0.2) is 78.9 Å². The first-order valence-corrected chi connectivity index (χ1v) is 9.29. The molecule has 0 aliphatic heterocycles. The minimum Gasteiger partial charge on any atom is -0.458 e. The molecular weight excluding hydrogens is 366 g/mol. The third-order valence-electron chi connectivity index (χ3n) is 4.61. The van der Waals surface area contributed by atoms with Crippen LogP contribution in [-0.4, -0.2) is 17.0 Å². The third-order valence-corrected chi connectivity index (χ3v) is 4.61. The number of carbonyl (C=O) groups is 2. The maximum atomic E-state index is 12.4. The van der Waals surface area contributed by atoms with Gasteiger partial charge in [-0.3, -0.25) is 4.79 Å². The molecular formula is C24H23NO4. The second-order valence-electron chi connectivity index (χ2n) is 6.94. The first kappa shape index (κ1) is 20.3. The molecule has 0 saturated heterocycles. The highest BCUT2D eigenvalue weighted by Crippen LogP contribution is 2.30. The fourth-order valence-electron chi connectivity index (χ4n) is 2.99. The Hall–Kier alpha value is -3.44. The van der Waals surface area contributed by atoms with Crippen LogP contribution in [-0.2, 0) is 26.5 Å². The number of anilines is 1. The minimum atomic E-state index is -1.77. The molecule has 0 spiro atoms. The smallest absolute Gasteiger partial charge is 0.342 e. The van der Waals surface area contributed by atoms with Gasteiger partial charge in [-0.05, 0) is 29.7 Å². The molecule has 5 heteroatoms. The van der Waals surface area contributed by atoms with E-state index in [1.165, 1.54) is 13.8 Å². The molecule has 1 atom stereocenters. The molecule has 0 aromatic heterocycles. The summed E-state index contributed by atoms with van der Waals surface area (Å²) in [6.45, 7) is 2.97. The normalized spacial score (nSPS) is 12.7. The monoisotopic (exact) mass is 389 g/mol. The zero-order chi connectivity index (χ0) is 20.9. The summed E-state index contributed by atoms with van der Waals surface area (Å²) >= 11 is 0. The quantitative estimate of drug-likeness (QED) is 0.618. The van der Waals surface area contributed by atoms with Gasteiger partial charge in [-0.15, -0.1) is 0 Å². The Balaban J connectivity index is 1.77. The van der Waals surface area contributed by atoms with Crippen molar-refractivity contribution in [2.75, 3.05) is 5.32 Å². The van der Waals surface area contributed by atoms with Gasteiger partial charge in [0.15, 0.2) is 5.60 Å². The minimum absolute atomic E-state index is 0.0952. The Morgan fingerprint density at radius 2 is 1.55 bits per heavy atom. The lowest BCUT2D eigenvalue weighted by molar-refractivity contribution is -0.166. The van der Waals surface area contributed by atoms with E-state index in [-0.39, 0.29) is 12.5 Å². The van der Waals surface area contributed by atoms with Crippen molar-refractivity contribution < 1.29 is 19.4 Å². The number of hydrogen-bond donors (Lipinski definition) is 2. The molecule has 3 rings (SSSR count). The van der Waals surface area contributed by atoms with Crippen molar-refractivity contribution in [3.8, 4) is 11.1 Å². The molecule has 0 aliphatic carbocycles. The zero-order valence-electron chi connectivity index (χ0n) is 16.4. The number of rotatable bonds is 6. The van der Waals surface area contributed by atoms with E-state index in [1.54, 1.807) is 24.3 Å². The van der Waals surface area contributed by atoms with Crippen LogP contribution < -0.4 is 5.32 Å². The van der Waals surface area contributed by atoms with Crippen molar-refractivity contribution in [1.82, 2.24) is 0 Å². The molecule has 148 valence electrons. The van der Waals surface area contributed by atoms with Crippen LogP contribution in [0.2, 0.25) is 0 Å². The Morgan fingerprint density at radius 3 is 2.21 bits per heavy atom. The van der Waals surface area contributed by atoms with Crippen molar-refractivity contribution >= 4 is 17.6 Å². The molecule has 0 radical (unpaired) electrons. The molecule has 1 unspecified atom stereocenters. The summed E-state index contributed by atoms with van der Waals surface area (Å²) in [4.78, 5) is 23.9. The first-order valence-electron chi connectivity index (χ1n) is 9.29. The topological polar surface area (TPSA) is 75.6 Å². The van der Waals surface area contributed by atoms with Gasteiger partial charge < -0.3 is 15.2 Å². The van der Waals surface area contributed by atoms with Crippen LogP contribution >= 0.6 is 0 Å². The Labute approximate surface area is 170 Å². The fourth-order valence-corrected chi connectivity index (χ4v) is 2.99. The lowest BCUT2D eigenvalue weighted by Gasteiger charge is -2.22. The summed E-state index contributed by atoms with van der Waals surface area (Å²) in [7, 11) is 0. The van der Waals surface area contributed by atoms with E-state index in [1.807, 2.05) is 54.6 Å². The average Bonchev–Trinajstić information content (AvgIpc) is 2.73. The van der Waals surface area contributed by atoms with E-state index >= 15 is 0 Å². The van der Waals surface area contributed by atoms with Gasteiger partial charge in [0.2, 0.25) is 5.91 Å². The molecule has 5 nitrogen and oxygen atoms in total. The Bertz CT molecular complexity index is 995. The number of nitrogens with one attached hydrogen (secondary N) is 1. The largest absolute Gasteiger partial charge is 0.458 e. The highest BCUT2D eigenvalue weighted by molar-refractivity contribution is 5.94. The second-order valence-corrected chi connectivity index (χ2v) is 6.94. The average molecular weight is 389 g/mol. The number of hydrogen-bond acceptors (Lipinski definition) is 4. The lowest BCUT2D eigenvalue weighted by Crippen LogP contribution is -2.34. The van der Waals surface area contributed by atoms with E-state index in [9.17, 15) is 14.7 Å². The fraction of sp³-hybridized carbons (Fsp3) is 0.167. The number of carbonyl (C=O) groups excluding carboxylic acids is 2. The van der Waals surface area contributed by atoms with Crippen molar-refractivity contribution in [2.24, 2.45) is 0 Å². The summed E-state index contributed by atoms with van der Waals surface area (Å²) < 4.78 is 5.29. The Kier molecular flexibility index (Phi) is 6.10. The van der Waals surface area contributed by atoms with Crippen LogP contribution in [0.25, 0.3) is 11.1 Å². The molecule has 3 aromatic carbocycles. The number of ether oxygens (including phenoxy) is 1. The number of amides is 1. The van der Waals surface area contributed by atoms with Crippen LogP contribution in [0.4, 0.5) is 5.69 Å². The lowest BCUT2D eigenvalue weighted by atomic mass is 9.93. The molecule has 0 aliphatic rings. The van der Waals surface area contributed by atoms with Crippen molar-refractivity contribution in [2.45, 2.75) is 26.1 Å². The SMILES string of the molecule is CC(=O)Nc1ccccc1-c1ccc(C(C)(O)C(=O)OCc2ccccc2)cc1. The molecule has 0 fully saturated rings. The molecule has 0 bridgehead atoms. The van der Waals surface area contributed by atoms with E-state index in [4.69, 9.17) is 4.74 Å². The Morgan fingerprint density at radius 1 is 0.931 bits per heavy atom. The second kappa shape index (κ2) is 8.71. The predicted molar refractivity (Wildman–Crippen MR) is 112 cm³/mol. The van der Waals surface area contributed by atoms with Gasteiger partial charge in [0.05, 0.1) is 0 Å². The van der Waals surface area contributed by atoms with Crippen molar-refractivity contribution in [3.63, 3.8) is 0 Å². The number of aliphatic hydroxyl groups is 1. The number of benzene rings is 3. The van der Waals surface area contributed by atoms with E-state index in [2.05, 4.69) is 5.32 Å². The van der Waals surface area contributed by atoms with Gasteiger partial charge in [0, 0.05) is 18.2 Å². The predicted octanol–water partition coefficient (Wildman–Crippen LogP) is 4.26. The summed E-state index contributed by atoms with van der Waals surface area (Å²) in [6, 6.07) is 23.7. The molecule has 2 N–H and O–H groups in total. The van der Waals surface area contributed by atoms with Crippen LogP contribution in [0.1, 0.15) is 25.0 Å². The van der Waals surface area contributed by atoms with Gasteiger partial charge in [-0.2, -0.15) is 0 Å². The summed E-state index contributed by atoms with van der Waals surface area (Å²) in [5.41, 5.74) is 1.90. The van der Waals surface area contributed by atoms with E-state index < -0.39 is 11.6 Å².